The number of hydrogen-bond acceptors (Lipinski definition) is 4. The average molecular weight is 315 g/mol. The Kier molecular flexibility index (Phi) is 4.59. The molecule has 1 aromatic carbocycles. The van der Waals surface area contributed by atoms with Gasteiger partial charge >= 0.3 is 5.97 Å². The molecule has 2 aromatic rings. The van der Waals surface area contributed by atoms with E-state index >= 15 is 0 Å². The summed E-state index contributed by atoms with van der Waals surface area (Å²) in [6, 6.07) is 5.09. The second-order valence-electron chi connectivity index (χ2n) is 4.12. The van der Waals surface area contributed by atoms with Gasteiger partial charge in [-0.2, -0.15) is 0 Å². The van der Waals surface area contributed by atoms with Crippen molar-refractivity contribution in [3.63, 3.8) is 0 Å². The number of benzene rings is 1. The maximum Gasteiger partial charge on any atom is 0.358 e. The van der Waals surface area contributed by atoms with Crippen molar-refractivity contribution in [3.05, 3.63) is 45.2 Å². The predicted octanol–water partition coefficient (Wildman–Crippen LogP) is 1.83. The number of nitrogens with zero attached hydrogens (tertiary/aromatic N) is 3. The van der Waals surface area contributed by atoms with Crippen molar-refractivity contribution < 1.29 is 9.90 Å². The van der Waals surface area contributed by atoms with E-state index in [-0.39, 0.29) is 5.69 Å². The lowest BCUT2D eigenvalue weighted by Gasteiger charge is -2.08. The first-order valence-corrected chi connectivity index (χ1v) is 6.58. The first-order chi connectivity index (χ1) is 9.52. The van der Waals surface area contributed by atoms with E-state index in [0.717, 1.165) is 5.56 Å². The van der Waals surface area contributed by atoms with Gasteiger partial charge in [0.2, 0.25) is 0 Å². The molecular weight excluding hydrogens is 303 g/mol. The monoisotopic (exact) mass is 314 g/mol. The van der Waals surface area contributed by atoms with Gasteiger partial charge in [-0.25, -0.2) is 9.48 Å². The largest absolute Gasteiger partial charge is 0.476 e. The second kappa shape index (κ2) is 6.21. The van der Waals surface area contributed by atoms with Crippen LogP contribution in [0.2, 0.25) is 10.0 Å². The molecule has 106 valence electrons. The van der Waals surface area contributed by atoms with Gasteiger partial charge in [0.25, 0.3) is 0 Å². The van der Waals surface area contributed by atoms with Crippen molar-refractivity contribution in [3.8, 4) is 0 Å². The number of aromatic nitrogens is 3. The summed E-state index contributed by atoms with van der Waals surface area (Å²) < 4.78 is 1.49. The fraction of sp³-hybridized carbons (Fsp3) is 0.250. The van der Waals surface area contributed by atoms with Gasteiger partial charge in [0.15, 0.2) is 5.69 Å². The molecule has 0 radical (unpaired) electrons. The molecule has 0 saturated carbocycles. The molecule has 0 aliphatic carbocycles. The highest BCUT2D eigenvalue weighted by Gasteiger charge is 2.18. The average Bonchev–Trinajstić information content (AvgIpc) is 2.77. The van der Waals surface area contributed by atoms with Crippen molar-refractivity contribution in [2.24, 2.45) is 5.73 Å². The minimum atomic E-state index is -1.12. The van der Waals surface area contributed by atoms with Gasteiger partial charge in [-0.1, -0.05) is 34.5 Å². The molecule has 3 N–H and O–H groups in total. The van der Waals surface area contributed by atoms with Crippen LogP contribution in [0.15, 0.2) is 18.2 Å². The normalized spacial score (nSPS) is 10.8. The van der Waals surface area contributed by atoms with Gasteiger partial charge in [0, 0.05) is 16.5 Å². The van der Waals surface area contributed by atoms with E-state index < -0.39 is 5.97 Å². The van der Waals surface area contributed by atoms with E-state index in [1.165, 1.54) is 4.68 Å². The summed E-state index contributed by atoms with van der Waals surface area (Å²) in [6.07, 6.45) is 0.375. The van der Waals surface area contributed by atoms with Crippen molar-refractivity contribution in [2.75, 3.05) is 6.54 Å². The molecular formula is C12H12Cl2N4O2. The number of nitrogens with two attached hydrogens (primary N) is 1. The van der Waals surface area contributed by atoms with Crippen LogP contribution in [0, 0.1) is 0 Å². The smallest absolute Gasteiger partial charge is 0.358 e. The van der Waals surface area contributed by atoms with Crippen LogP contribution in [-0.4, -0.2) is 32.6 Å². The number of carboxylic acid groups (broad SMARTS) is 1. The van der Waals surface area contributed by atoms with Gasteiger partial charge in [-0.15, -0.1) is 5.10 Å². The highest BCUT2D eigenvalue weighted by Crippen LogP contribution is 2.22. The molecule has 0 aliphatic rings. The van der Waals surface area contributed by atoms with Gasteiger partial charge in [-0.05, 0) is 24.2 Å². The Morgan fingerprint density at radius 3 is 2.75 bits per heavy atom. The van der Waals surface area contributed by atoms with E-state index in [9.17, 15) is 4.79 Å². The predicted molar refractivity (Wildman–Crippen MR) is 75.3 cm³/mol. The number of carbonyl (C=O) groups is 1. The molecule has 0 unspecified atom stereocenters. The Balaban J connectivity index is 2.35. The van der Waals surface area contributed by atoms with E-state index in [4.69, 9.17) is 34.0 Å². The van der Waals surface area contributed by atoms with E-state index in [2.05, 4.69) is 10.3 Å². The van der Waals surface area contributed by atoms with Gasteiger partial charge in [-0.3, -0.25) is 0 Å². The number of carboxylic acids is 1. The summed E-state index contributed by atoms with van der Waals surface area (Å²) in [4.78, 5) is 11.1. The van der Waals surface area contributed by atoms with Crippen LogP contribution in [0.1, 0.15) is 21.7 Å². The third kappa shape index (κ3) is 3.09. The van der Waals surface area contributed by atoms with Crippen molar-refractivity contribution in [1.82, 2.24) is 15.0 Å². The summed E-state index contributed by atoms with van der Waals surface area (Å²) in [7, 11) is 0. The van der Waals surface area contributed by atoms with Crippen molar-refractivity contribution in [1.29, 1.82) is 0 Å². The van der Waals surface area contributed by atoms with E-state index in [1.807, 2.05) is 0 Å². The van der Waals surface area contributed by atoms with Crippen molar-refractivity contribution in [2.45, 2.75) is 13.0 Å². The Morgan fingerprint density at radius 1 is 1.40 bits per heavy atom. The molecule has 1 heterocycles. The fourth-order valence-electron chi connectivity index (χ4n) is 1.82. The Hall–Kier alpha value is -1.63. The number of halogens is 2. The van der Waals surface area contributed by atoms with Gasteiger partial charge in [0.05, 0.1) is 12.2 Å². The Bertz CT molecular complexity index is 642. The fourth-order valence-corrected chi connectivity index (χ4v) is 2.29. The van der Waals surface area contributed by atoms with Crippen LogP contribution in [0.3, 0.4) is 0 Å². The molecule has 0 spiro atoms. The Labute approximate surface area is 125 Å². The second-order valence-corrected chi connectivity index (χ2v) is 4.97. The summed E-state index contributed by atoms with van der Waals surface area (Å²) >= 11 is 11.9. The SMILES string of the molecule is NCCc1c(C(=O)O)nnn1Cc1ccc(Cl)cc1Cl. The third-order valence-corrected chi connectivity index (χ3v) is 3.34. The molecule has 0 atom stereocenters. The molecule has 0 fully saturated rings. The third-order valence-electron chi connectivity index (χ3n) is 2.76. The van der Waals surface area contributed by atoms with Gasteiger partial charge < -0.3 is 10.8 Å². The number of aromatic carboxylic acids is 1. The van der Waals surface area contributed by atoms with E-state index in [0.29, 0.717) is 35.2 Å². The minimum absolute atomic E-state index is 0.0828. The maximum atomic E-state index is 11.1. The Morgan fingerprint density at radius 2 is 2.15 bits per heavy atom. The van der Waals surface area contributed by atoms with Crippen LogP contribution in [0.5, 0.6) is 0 Å². The van der Waals surface area contributed by atoms with Gasteiger partial charge in [0.1, 0.15) is 0 Å². The molecule has 0 amide bonds. The molecule has 0 saturated heterocycles. The number of hydrogen-bond donors (Lipinski definition) is 2. The zero-order valence-corrected chi connectivity index (χ0v) is 11.9. The molecule has 1 aromatic heterocycles. The zero-order chi connectivity index (χ0) is 14.7. The van der Waals surface area contributed by atoms with Crippen LogP contribution in [0.25, 0.3) is 0 Å². The summed E-state index contributed by atoms with van der Waals surface area (Å²) in [5.74, 6) is -1.12. The first kappa shape index (κ1) is 14.8. The van der Waals surface area contributed by atoms with Crippen molar-refractivity contribution >= 4 is 29.2 Å². The maximum absolute atomic E-state index is 11.1. The molecule has 0 bridgehead atoms. The molecule has 6 nitrogen and oxygen atoms in total. The zero-order valence-electron chi connectivity index (χ0n) is 10.4. The van der Waals surface area contributed by atoms with Crippen LogP contribution >= 0.6 is 23.2 Å². The standard InChI is InChI=1S/C12H12Cl2N4O2/c13-8-2-1-7(9(14)5-8)6-18-10(3-4-15)11(12(19)20)16-17-18/h1-2,5H,3-4,6,15H2,(H,19,20). The number of rotatable bonds is 5. The van der Waals surface area contributed by atoms with Crippen LogP contribution < -0.4 is 5.73 Å². The van der Waals surface area contributed by atoms with Crippen LogP contribution in [-0.2, 0) is 13.0 Å². The lowest BCUT2D eigenvalue weighted by Crippen LogP contribution is -2.14. The van der Waals surface area contributed by atoms with E-state index in [1.54, 1.807) is 18.2 Å². The minimum Gasteiger partial charge on any atom is -0.476 e. The summed E-state index contributed by atoms with van der Waals surface area (Å²) in [5.41, 5.74) is 6.66. The lowest BCUT2D eigenvalue weighted by molar-refractivity contribution is 0.0689. The summed E-state index contributed by atoms with van der Waals surface area (Å²) in [6.45, 7) is 0.619. The highest BCUT2D eigenvalue weighted by molar-refractivity contribution is 6.35. The first-order valence-electron chi connectivity index (χ1n) is 5.82. The molecule has 20 heavy (non-hydrogen) atoms. The molecule has 8 heteroatoms. The summed E-state index contributed by atoms with van der Waals surface area (Å²) in [5, 5.41) is 17.6. The quantitative estimate of drug-likeness (QED) is 0.878. The molecule has 2 rings (SSSR count). The molecule has 0 aliphatic heterocycles. The topological polar surface area (TPSA) is 94.0 Å². The van der Waals surface area contributed by atoms with Crippen LogP contribution in [0.4, 0.5) is 0 Å². The lowest BCUT2D eigenvalue weighted by atomic mass is 10.2. The highest BCUT2D eigenvalue weighted by atomic mass is 35.5.